The van der Waals surface area contributed by atoms with Gasteiger partial charge >= 0.3 is 5.97 Å². The molecule has 0 radical (unpaired) electrons. The van der Waals surface area contributed by atoms with Crippen molar-refractivity contribution in [2.24, 2.45) is 0 Å². The minimum Gasteiger partial charge on any atom is -0.468 e. The minimum atomic E-state index is -0.485. The predicted octanol–water partition coefficient (Wildman–Crippen LogP) is 2.87. The van der Waals surface area contributed by atoms with Gasteiger partial charge in [0.05, 0.1) is 11.7 Å². The van der Waals surface area contributed by atoms with E-state index in [4.69, 9.17) is 14.2 Å². The Morgan fingerprint density at radius 2 is 2.25 bits per heavy atom. The summed E-state index contributed by atoms with van der Waals surface area (Å²) in [6.45, 7) is 5.03. The van der Waals surface area contributed by atoms with Crippen LogP contribution in [0.25, 0.3) is 0 Å². The fourth-order valence-electron chi connectivity index (χ4n) is 4.02. The molecule has 2 bridgehead atoms. The van der Waals surface area contributed by atoms with Crippen LogP contribution >= 0.6 is 0 Å². The second kappa shape index (κ2) is 5.81. The highest BCUT2D eigenvalue weighted by molar-refractivity contribution is 5.91. The van der Waals surface area contributed by atoms with Crippen LogP contribution < -0.4 is 10.1 Å². The molecular formula is C19H23NO4. The number of hydrogen-bond acceptors (Lipinski definition) is 5. The summed E-state index contributed by atoms with van der Waals surface area (Å²) in [5, 5.41) is 3.35. The van der Waals surface area contributed by atoms with Gasteiger partial charge in [-0.25, -0.2) is 4.79 Å². The van der Waals surface area contributed by atoms with Gasteiger partial charge < -0.3 is 19.5 Å². The normalized spacial score (nSPS) is 31.1. The summed E-state index contributed by atoms with van der Waals surface area (Å²) in [4.78, 5) is 12.8. The van der Waals surface area contributed by atoms with E-state index in [9.17, 15) is 4.79 Å². The molecule has 1 aromatic rings. The molecule has 5 heteroatoms. The minimum absolute atomic E-state index is 0.00167. The van der Waals surface area contributed by atoms with Gasteiger partial charge in [0.15, 0.2) is 5.72 Å². The van der Waals surface area contributed by atoms with Crippen molar-refractivity contribution in [2.75, 3.05) is 13.2 Å². The zero-order chi connectivity index (χ0) is 16.7. The molecule has 1 aromatic carbocycles. The molecule has 3 aliphatic rings. The van der Waals surface area contributed by atoms with E-state index in [0.717, 1.165) is 36.5 Å². The van der Waals surface area contributed by atoms with Crippen LogP contribution in [0, 0.1) is 0 Å². The highest BCUT2D eigenvalue weighted by Crippen LogP contribution is 2.47. The van der Waals surface area contributed by atoms with Gasteiger partial charge in [-0.2, -0.15) is 0 Å². The maximum atomic E-state index is 12.8. The number of benzene rings is 1. The Morgan fingerprint density at radius 1 is 1.42 bits per heavy atom. The largest absolute Gasteiger partial charge is 0.468 e. The number of carbonyl (C=O) groups excluding carboxylic acids is 1. The van der Waals surface area contributed by atoms with Crippen molar-refractivity contribution < 1.29 is 19.0 Å². The van der Waals surface area contributed by atoms with E-state index in [1.807, 2.05) is 38.1 Å². The van der Waals surface area contributed by atoms with E-state index in [2.05, 4.69) is 5.32 Å². The smallest absolute Gasteiger partial charge is 0.336 e. The number of fused-ring (bicyclic) bond motifs is 4. The lowest BCUT2D eigenvalue weighted by molar-refractivity contribution is -0.143. The molecule has 3 heterocycles. The van der Waals surface area contributed by atoms with Crippen molar-refractivity contribution in [1.29, 1.82) is 0 Å². The van der Waals surface area contributed by atoms with Crippen LogP contribution in [0.1, 0.15) is 44.6 Å². The number of hydrogen-bond donors (Lipinski definition) is 1. The van der Waals surface area contributed by atoms with Crippen LogP contribution in [0.4, 0.5) is 0 Å². The molecule has 4 rings (SSSR count). The summed E-state index contributed by atoms with van der Waals surface area (Å²) in [5.41, 5.74) is 2.11. The number of rotatable bonds is 3. The van der Waals surface area contributed by atoms with Crippen molar-refractivity contribution in [3.8, 4) is 5.75 Å². The molecule has 5 nitrogen and oxygen atoms in total. The maximum Gasteiger partial charge on any atom is 0.336 e. The molecule has 3 atom stereocenters. The number of nitrogens with one attached hydrogen (secondary N) is 1. The molecule has 24 heavy (non-hydrogen) atoms. The Kier molecular flexibility index (Phi) is 3.76. The zero-order valence-corrected chi connectivity index (χ0v) is 14.1. The molecule has 1 fully saturated rings. The Bertz CT molecular complexity index is 692. The first-order valence-corrected chi connectivity index (χ1v) is 8.61. The molecule has 0 aromatic heterocycles. The topological polar surface area (TPSA) is 56.8 Å². The second-order valence-electron chi connectivity index (χ2n) is 7.02. The van der Waals surface area contributed by atoms with Gasteiger partial charge in [0.2, 0.25) is 0 Å². The highest BCUT2D eigenvalue weighted by Gasteiger charge is 2.45. The van der Waals surface area contributed by atoms with Gasteiger partial charge in [0, 0.05) is 30.2 Å². The zero-order valence-electron chi connectivity index (χ0n) is 14.1. The number of para-hydroxylation sites is 1. The summed E-state index contributed by atoms with van der Waals surface area (Å²) >= 11 is 0. The van der Waals surface area contributed by atoms with Crippen LogP contribution in [0.5, 0.6) is 5.75 Å². The predicted molar refractivity (Wildman–Crippen MR) is 88.6 cm³/mol. The first-order valence-electron chi connectivity index (χ1n) is 8.61. The monoisotopic (exact) mass is 329 g/mol. The maximum absolute atomic E-state index is 12.8. The molecule has 3 aliphatic heterocycles. The lowest BCUT2D eigenvalue weighted by Gasteiger charge is -2.45. The highest BCUT2D eigenvalue weighted by atomic mass is 16.6. The average Bonchev–Trinajstić information content (AvgIpc) is 3.05. The van der Waals surface area contributed by atoms with E-state index in [1.54, 1.807) is 0 Å². The molecule has 128 valence electrons. The van der Waals surface area contributed by atoms with Crippen molar-refractivity contribution in [2.45, 2.75) is 50.9 Å². The Hall–Kier alpha value is -2.01. The van der Waals surface area contributed by atoms with Crippen molar-refractivity contribution in [3.05, 3.63) is 41.1 Å². The Labute approximate surface area is 142 Å². The lowest BCUT2D eigenvalue weighted by atomic mass is 9.78. The van der Waals surface area contributed by atoms with Crippen LogP contribution in [0.15, 0.2) is 35.5 Å². The Morgan fingerprint density at radius 3 is 3.04 bits per heavy atom. The van der Waals surface area contributed by atoms with Gasteiger partial charge in [-0.15, -0.1) is 0 Å². The molecular weight excluding hydrogens is 306 g/mol. The van der Waals surface area contributed by atoms with Crippen molar-refractivity contribution in [1.82, 2.24) is 5.32 Å². The molecule has 0 spiro atoms. The molecule has 1 saturated heterocycles. The van der Waals surface area contributed by atoms with Gasteiger partial charge in [0.1, 0.15) is 12.4 Å². The third kappa shape index (κ3) is 2.67. The van der Waals surface area contributed by atoms with Gasteiger partial charge in [0.25, 0.3) is 0 Å². The fraction of sp³-hybridized carbons (Fsp3) is 0.526. The number of esters is 1. The fourth-order valence-corrected chi connectivity index (χ4v) is 4.02. The molecule has 0 amide bonds. The van der Waals surface area contributed by atoms with E-state index >= 15 is 0 Å². The quantitative estimate of drug-likeness (QED) is 0.864. The summed E-state index contributed by atoms with van der Waals surface area (Å²) < 4.78 is 17.2. The Balaban J connectivity index is 1.60. The third-order valence-electron chi connectivity index (χ3n) is 5.07. The van der Waals surface area contributed by atoms with E-state index < -0.39 is 5.72 Å². The summed E-state index contributed by atoms with van der Waals surface area (Å²) in [5.74, 6) is 0.582. The molecule has 0 unspecified atom stereocenters. The van der Waals surface area contributed by atoms with Crippen LogP contribution in [-0.4, -0.2) is 31.0 Å². The number of ether oxygens (including phenoxy) is 3. The van der Waals surface area contributed by atoms with Gasteiger partial charge in [-0.1, -0.05) is 18.2 Å². The van der Waals surface area contributed by atoms with E-state index in [-0.39, 0.29) is 18.0 Å². The SMILES string of the molecule is CC1=C(C(=O)OC[C@@H]2CCCO2)[C@H]2C[C@@](C)(N1)Oc1ccccc12. The standard InChI is InChI=1S/C19H23NO4/c1-12-17(18(21)23-11-13-6-5-9-22-13)15-10-19(2,20-12)24-16-8-4-3-7-14(15)16/h3-4,7-8,13,15,20H,5-6,9-11H2,1-2H3/t13-,15-,19-/m0/s1. The first-order chi connectivity index (χ1) is 11.6. The summed E-state index contributed by atoms with van der Waals surface area (Å²) in [6, 6.07) is 7.93. The molecule has 1 N–H and O–H groups in total. The third-order valence-corrected chi connectivity index (χ3v) is 5.07. The van der Waals surface area contributed by atoms with Gasteiger partial charge in [-0.05, 0) is 32.8 Å². The van der Waals surface area contributed by atoms with Gasteiger partial charge in [-0.3, -0.25) is 0 Å². The van der Waals surface area contributed by atoms with Crippen molar-refractivity contribution in [3.63, 3.8) is 0 Å². The average molecular weight is 329 g/mol. The molecule has 0 aliphatic carbocycles. The summed E-state index contributed by atoms with van der Waals surface area (Å²) in [7, 11) is 0. The number of allylic oxidation sites excluding steroid dienone is 1. The molecule has 0 saturated carbocycles. The lowest BCUT2D eigenvalue weighted by Crippen LogP contribution is -2.54. The van der Waals surface area contributed by atoms with Crippen LogP contribution in [-0.2, 0) is 14.3 Å². The van der Waals surface area contributed by atoms with E-state index in [0.29, 0.717) is 18.6 Å². The van der Waals surface area contributed by atoms with Crippen LogP contribution in [0.2, 0.25) is 0 Å². The first kappa shape index (κ1) is 15.5. The second-order valence-corrected chi connectivity index (χ2v) is 7.02. The number of carbonyl (C=O) groups is 1. The van der Waals surface area contributed by atoms with E-state index in [1.165, 1.54) is 0 Å². The summed E-state index contributed by atoms with van der Waals surface area (Å²) in [6.07, 6.45) is 2.75. The van der Waals surface area contributed by atoms with Crippen molar-refractivity contribution >= 4 is 5.97 Å². The van der Waals surface area contributed by atoms with Crippen LogP contribution in [0.3, 0.4) is 0 Å².